The van der Waals surface area contributed by atoms with Crippen molar-refractivity contribution < 1.29 is 0 Å². The lowest BCUT2D eigenvalue weighted by Gasteiger charge is -2.36. The van der Waals surface area contributed by atoms with E-state index in [1.54, 1.807) is 6.20 Å². The zero-order valence-electron chi connectivity index (χ0n) is 19.3. The first-order chi connectivity index (χ1) is 15.6. The van der Waals surface area contributed by atoms with Crippen molar-refractivity contribution in [1.29, 1.82) is 0 Å². The summed E-state index contributed by atoms with van der Waals surface area (Å²) in [6.45, 7) is 9.43. The van der Waals surface area contributed by atoms with E-state index in [0.717, 1.165) is 43.4 Å². The van der Waals surface area contributed by atoms with E-state index in [9.17, 15) is 0 Å². The maximum absolute atomic E-state index is 5.54. The fourth-order valence-corrected chi connectivity index (χ4v) is 4.95. The second-order valence-electron chi connectivity index (χ2n) is 9.33. The van der Waals surface area contributed by atoms with Crippen molar-refractivity contribution >= 4 is 34.9 Å². The Balaban J connectivity index is 1.53. The van der Waals surface area contributed by atoms with Gasteiger partial charge in [0.25, 0.3) is 0 Å². The Bertz CT molecular complexity index is 873. The van der Waals surface area contributed by atoms with Crippen LogP contribution in [-0.4, -0.2) is 46.2 Å². The first kappa shape index (κ1) is 22.7. The van der Waals surface area contributed by atoms with Gasteiger partial charge in [-0.05, 0) is 54.9 Å². The highest BCUT2D eigenvalue weighted by Gasteiger charge is 2.24. The molecule has 0 spiro atoms. The summed E-state index contributed by atoms with van der Waals surface area (Å²) in [6.07, 6.45) is 9.89. The summed E-state index contributed by atoms with van der Waals surface area (Å²) in [7, 11) is 0. The van der Waals surface area contributed by atoms with E-state index >= 15 is 0 Å². The summed E-state index contributed by atoms with van der Waals surface area (Å²) in [4.78, 5) is 18.7. The molecular weight excluding hydrogens is 418 g/mol. The molecule has 2 saturated heterocycles. The van der Waals surface area contributed by atoms with Crippen LogP contribution < -0.4 is 20.4 Å². The number of thiocarbonyl (C=S) groups is 1. The number of piperidine rings is 1. The molecule has 2 aliphatic rings. The summed E-state index contributed by atoms with van der Waals surface area (Å²) >= 11 is 5.54. The predicted molar refractivity (Wildman–Crippen MR) is 135 cm³/mol. The molecule has 2 aromatic heterocycles. The Kier molecular flexibility index (Phi) is 7.73. The topological polar surface area (TPSA) is 69.2 Å². The fraction of sp³-hybridized carbons (Fsp3) is 0.583. The monoisotopic (exact) mass is 453 g/mol. The van der Waals surface area contributed by atoms with Crippen LogP contribution in [0.2, 0.25) is 0 Å². The van der Waals surface area contributed by atoms with Gasteiger partial charge in [-0.3, -0.25) is 4.98 Å². The Morgan fingerprint density at radius 1 is 1.03 bits per heavy atom. The van der Waals surface area contributed by atoms with Crippen molar-refractivity contribution in [3.05, 3.63) is 36.2 Å². The van der Waals surface area contributed by atoms with E-state index in [1.165, 1.54) is 32.1 Å². The minimum Gasteiger partial charge on any atom is -0.358 e. The molecule has 4 heterocycles. The Morgan fingerprint density at radius 3 is 2.38 bits per heavy atom. The summed E-state index contributed by atoms with van der Waals surface area (Å²) in [6, 6.07) is 6.12. The van der Waals surface area contributed by atoms with Crippen molar-refractivity contribution in [3.8, 4) is 0 Å². The van der Waals surface area contributed by atoms with Crippen LogP contribution in [0.1, 0.15) is 51.5 Å². The lowest BCUT2D eigenvalue weighted by Crippen LogP contribution is -2.39. The third kappa shape index (κ3) is 6.28. The molecule has 4 rings (SSSR count). The lowest BCUT2D eigenvalue weighted by molar-refractivity contribution is 0.355. The standard InChI is InChI=1S/C24H35N7S/c1-18-12-19(2)17-31(16-18)22-13-21(30-10-5-3-4-6-11-30)27-23(28-22)29-24(32)26-15-20-8-7-9-25-14-20/h7-9,13-14,18-19H,3-6,10-12,15-17H2,1-2H3,(H2,26,27,28,29,32)/t18-,19-/m0/s1. The van der Waals surface area contributed by atoms with Crippen LogP contribution in [0.5, 0.6) is 0 Å². The van der Waals surface area contributed by atoms with Gasteiger partial charge < -0.3 is 20.4 Å². The average Bonchev–Trinajstić information content (AvgIpc) is 3.07. The van der Waals surface area contributed by atoms with Gasteiger partial charge in [0.1, 0.15) is 11.6 Å². The number of aromatic nitrogens is 3. The number of hydrogen-bond acceptors (Lipinski definition) is 6. The largest absolute Gasteiger partial charge is 0.358 e. The van der Waals surface area contributed by atoms with Crippen LogP contribution >= 0.6 is 12.2 Å². The third-order valence-electron chi connectivity index (χ3n) is 6.22. The molecule has 0 bridgehead atoms. The first-order valence-electron chi connectivity index (χ1n) is 11.9. The molecular formula is C24H35N7S. The SMILES string of the molecule is C[C@H]1C[C@H](C)CN(c2cc(N3CCCCCC3)nc(NC(=S)NCc3cccnc3)n2)C1. The minimum absolute atomic E-state index is 0.521. The van der Waals surface area contributed by atoms with E-state index in [1.807, 2.05) is 18.3 Å². The second kappa shape index (κ2) is 10.9. The van der Waals surface area contributed by atoms with Gasteiger partial charge in [0, 0.05) is 51.2 Å². The van der Waals surface area contributed by atoms with Gasteiger partial charge >= 0.3 is 0 Å². The van der Waals surface area contributed by atoms with E-state index in [0.29, 0.717) is 29.4 Å². The molecule has 2 fully saturated rings. The van der Waals surface area contributed by atoms with Crippen molar-refractivity contribution in [1.82, 2.24) is 20.3 Å². The second-order valence-corrected chi connectivity index (χ2v) is 9.74. The highest BCUT2D eigenvalue weighted by atomic mass is 32.1. The highest BCUT2D eigenvalue weighted by Crippen LogP contribution is 2.29. The number of pyridine rings is 1. The van der Waals surface area contributed by atoms with E-state index in [4.69, 9.17) is 22.2 Å². The molecule has 32 heavy (non-hydrogen) atoms. The van der Waals surface area contributed by atoms with E-state index in [2.05, 4.69) is 45.3 Å². The van der Waals surface area contributed by atoms with Gasteiger partial charge in [-0.15, -0.1) is 0 Å². The maximum Gasteiger partial charge on any atom is 0.232 e. The van der Waals surface area contributed by atoms with Crippen LogP contribution in [0, 0.1) is 11.8 Å². The Morgan fingerprint density at radius 2 is 1.72 bits per heavy atom. The average molecular weight is 454 g/mol. The number of rotatable bonds is 5. The molecule has 2 N–H and O–H groups in total. The van der Waals surface area contributed by atoms with Crippen LogP contribution in [0.25, 0.3) is 0 Å². The highest BCUT2D eigenvalue weighted by molar-refractivity contribution is 7.80. The summed E-state index contributed by atoms with van der Waals surface area (Å²) < 4.78 is 0. The third-order valence-corrected chi connectivity index (χ3v) is 6.47. The zero-order valence-corrected chi connectivity index (χ0v) is 20.1. The summed E-state index contributed by atoms with van der Waals surface area (Å²) in [5.74, 6) is 3.88. The zero-order chi connectivity index (χ0) is 22.3. The van der Waals surface area contributed by atoms with Gasteiger partial charge in [0.05, 0.1) is 0 Å². The fourth-order valence-electron chi connectivity index (χ4n) is 4.78. The lowest BCUT2D eigenvalue weighted by atomic mass is 9.92. The molecule has 172 valence electrons. The molecule has 0 unspecified atom stereocenters. The van der Waals surface area contributed by atoms with Crippen molar-refractivity contribution in [2.75, 3.05) is 41.3 Å². The van der Waals surface area contributed by atoms with Gasteiger partial charge in [0.2, 0.25) is 5.95 Å². The molecule has 0 aliphatic carbocycles. The predicted octanol–water partition coefficient (Wildman–Crippen LogP) is 4.22. The van der Waals surface area contributed by atoms with Crippen molar-refractivity contribution in [2.45, 2.75) is 52.5 Å². The minimum atomic E-state index is 0.521. The molecule has 0 radical (unpaired) electrons. The molecule has 0 amide bonds. The molecule has 8 heteroatoms. The van der Waals surface area contributed by atoms with Crippen molar-refractivity contribution in [2.24, 2.45) is 11.8 Å². The number of nitrogens with one attached hydrogen (secondary N) is 2. The number of anilines is 3. The Hall–Kier alpha value is -2.48. The van der Waals surface area contributed by atoms with Crippen LogP contribution in [0.15, 0.2) is 30.6 Å². The van der Waals surface area contributed by atoms with Gasteiger partial charge in [-0.1, -0.05) is 32.8 Å². The quantitative estimate of drug-likeness (QED) is 0.652. The smallest absolute Gasteiger partial charge is 0.232 e. The van der Waals surface area contributed by atoms with Crippen LogP contribution in [0.4, 0.5) is 17.6 Å². The molecule has 2 atom stereocenters. The first-order valence-corrected chi connectivity index (χ1v) is 12.3. The number of hydrogen-bond donors (Lipinski definition) is 2. The van der Waals surface area contributed by atoms with E-state index in [-0.39, 0.29) is 0 Å². The number of nitrogens with zero attached hydrogens (tertiary/aromatic N) is 5. The van der Waals surface area contributed by atoms with Gasteiger partial charge in [-0.2, -0.15) is 9.97 Å². The normalized spacial score (nSPS) is 21.7. The van der Waals surface area contributed by atoms with Gasteiger partial charge in [0.15, 0.2) is 5.11 Å². The summed E-state index contributed by atoms with van der Waals surface area (Å²) in [5.41, 5.74) is 1.08. The summed E-state index contributed by atoms with van der Waals surface area (Å²) in [5, 5.41) is 7.00. The Labute approximate surface area is 197 Å². The molecule has 0 aromatic carbocycles. The van der Waals surface area contributed by atoms with Gasteiger partial charge in [-0.25, -0.2) is 0 Å². The molecule has 7 nitrogen and oxygen atoms in total. The maximum atomic E-state index is 5.54. The van der Waals surface area contributed by atoms with Crippen LogP contribution in [-0.2, 0) is 6.54 Å². The molecule has 2 aromatic rings. The van der Waals surface area contributed by atoms with Crippen LogP contribution in [0.3, 0.4) is 0 Å². The molecule has 2 aliphatic heterocycles. The van der Waals surface area contributed by atoms with E-state index < -0.39 is 0 Å². The molecule has 0 saturated carbocycles. The van der Waals surface area contributed by atoms with Crippen molar-refractivity contribution in [3.63, 3.8) is 0 Å².